The number of methoxy groups -OCH3 is 1. The zero-order valence-electron chi connectivity index (χ0n) is 19.5. The predicted molar refractivity (Wildman–Crippen MR) is 136 cm³/mol. The maximum atomic E-state index is 13.0. The van der Waals surface area contributed by atoms with Crippen molar-refractivity contribution in [2.45, 2.75) is 18.9 Å². The molecular formula is C30H24N2O3. The van der Waals surface area contributed by atoms with Crippen LogP contribution in [-0.4, -0.2) is 43.3 Å². The Labute approximate surface area is 205 Å². The van der Waals surface area contributed by atoms with Crippen molar-refractivity contribution < 1.29 is 14.3 Å². The van der Waals surface area contributed by atoms with Crippen molar-refractivity contribution in [3.63, 3.8) is 0 Å². The second-order valence-electron chi connectivity index (χ2n) is 8.26. The summed E-state index contributed by atoms with van der Waals surface area (Å²) in [6, 6.07) is 21.2. The van der Waals surface area contributed by atoms with E-state index in [0.29, 0.717) is 22.7 Å². The highest BCUT2D eigenvalue weighted by atomic mass is 16.5. The van der Waals surface area contributed by atoms with Crippen molar-refractivity contribution in [3.8, 4) is 35.2 Å². The van der Waals surface area contributed by atoms with Gasteiger partial charge in [-0.3, -0.25) is 9.79 Å². The Morgan fingerprint density at radius 3 is 2.54 bits per heavy atom. The molecule has 5 rings (SSSR count). The number of ether oxygens (including phenoxy) is 2. The summed E-state index contributed by atoms with van der Waals surface area (Å²) in [5.74, 6) is 13.6. The number of benzene rings is 3. The number of carbonyl (C=O) groups excluding carboxylic acids is 1. The molecule has 0 bridgehead atoms. The molecule has 0 N–H and O–H groups in total. The van der Waals surface area contributed by atoms with Gasteiger partial charge in [0.25, 0.3) is 5.91 Å². The fourth-order valence-electron chi connectivity index (χ4n) is 4.23. The largest absolute Gasteiger partial charge is 0.493 e. The van der Waals surface area contributed by atoms with Crippen molar-refractivity contribution in [1.29, 1.82) is 0 Å². The zero-order chi connectivity index (χ0) is 24.0. The van der Waals surface area contributed by atoms with Gasteiger partial charge in [0.15, 0.2) is 11.5 Å². The summed E-state index contributed by atoms with van der Waals surface area (Å²) in [6.07, 6.45) is 3.80. The number of carbonyl (C=O) groups is 1. The lowest BCUT2D eigenvalue weighted by molar-refractivity contribution is 0.0774. The van der Waals surface area contributed by atoms with Crippen LogP contribution in [-0.2, 0) is 0 Å². The van der Waals surface area contributed by atoms with Crippen LogP contribution in [0, 0.1) is 23.7 Å². The number of nitrogens with zero attached hydrogens (tertiary/aromatic N) is 2. The minimum Gasteiger partial charge on any atom is -0.493 e. The number of hydrogen-bond acceptors (Lipinski definition) is 4. The van der Waals surface area contributed by atoms with Crippen LogP contribution in [0.3, 0.4) is 0 Å². The van der Waals surface area contributed by atoms with Gasteiger partial charge < -0.3 is 14.4 Å². The molecule has 1 saturated heterocycles. The van der Waals surface area contributed by atoms with E-state index >= 15 is 0 Å². The monoisotopic (exact) mass is 460 g/mol. The van der Waals surface area contributed by atoms with E-state index in [1.165, 1.54) is 0 Å². The van der Waals surface area contributed by atoms with Gasteiger partial charge in [0.2, 0.25) is 0 Å². The molecule has 0 aromatic heterocycles. The van der Waals surface area contributed by atoms with Crippen molar-refractivity contribution in [2.24, 2.45) is 4.99 Å². The number of rotatable bonds is 3. The third kappa shape index (κ3) is 4.90. The Kier molecular flexibility index (Phi) is 6.50. The Balaban J connectivity index is 1.34. The summed E-state index contributed by atoms with van der Waals surface area (Å²) in [7, 11) is 1.56. The van der Waals surface area contributed by atoms with Crippen molar-refractivity contribution in [2.75, 3.05) is 20.3 Å². The van der Waals surface area contributed by atoms with Crippen LogP contribution in [0.4, 0.5) is 5.69 Å². The third-order valence-corrected chi connectivity index (χ3v) is 6.02. The normalized spacial score (nSPS) is 15.6. The van der Waals surface area contributed by atoms with E-state index in [2.05, 4.69) is 28.7 Å². The van der Waals surface area contributed by atoms with E-state index in [-0.39, 0.29) is 18.6 Å². The average Bonchev–Trinajstić information content (AvgIpc) is 3.33. The van der Waals surface area contributed by atoms with Gasteiger partial charge in [-0.25, -0.2) is 0 Å². The van der Waals surface area contributed by atoms with Gasteiger partial charge >= 0.3 is 0 Å². The van der Waals surface area contributed by atoms with E-state index < -0.39 is 0 Å². The maximum absolute atomic E-state index is 13.0. The Morgan fingerprint density at radius 1 is 0.971 bits per heavy atom. The first-order chi connectivity index (χ1) is 17.2. The van der Waals surface area contributed by atoms with Crippen LogP contribution in [0.5, 0.6) is 11.5 Å². The fourth-order valence-corrected chi connectivity index (χ4v) is 4.23. The first-order valence-corrected chi connectivity index (χ1v) is 11.6. The van der Waals surface area contributed by atoms with Crippen molar-refractivity contribution >= 4 is 17.8 Å². The molecule has 5 nitrogen and oxygen atoms in total. The third-order valence-electron chi connectivity index (χ3n) is 6.02. The van der Waals surface area contributed by atoms with Crippen molar-refractivity contribution in [3.05, 3.63) is 89.0 Å². The fraction of sp³-hybridized carbons (Fsp3) is 0.200. The van der Waals surface area contributed by atoms with Crippen LogP contribution in [0.1, 0.15) is 39.9 Å². The molecule has 3 aromatic rings. The highest BCUT2D eigenvalue weighted by molar-refractivity contribution is 6.03. The van der Waals surface area contributed by atoms with Gasteiger partial charge in [-0.1, -0.05) is 54.0 Å². The van der Waals surface area contributed by atoms with E-state index in [9.17, 15) is 4.79 Å². The van der Waals surface area contributed by atoms with Crippen molar-refractivity contribution in [1.82, 2.24) is 4.90 Å². The smallest absolute Gasteiger partial charge is 0.256 e. The molecule has 1 atom stereocenters. The van der Waals surface area contributed by atoms with Crippen LogP contribution in [0.15, 0.2) is 71.7 Å². The summed E-state index contributed by atoms with van der Waals surface area (Å²) in [5.41, 5.74) is 3.78. The second-order valence-corrected chi connectivity index (χ2v) is 8.26. The van der Waals surface area contributed by atoms with Gasteiger partial charge in [-0.05, 0) is 43.2 Å². The summed E-state index contributed by atoms with van der Waals surface area (Å²) < 4.78 is 11.4. The molecule has 1 fully saturated rings. The Hall–Kier alpha value is -4.48. The maximum Gasteiger partial charge on any atom is 0.256 e. The highest BCUT2D eigenvalue weighted by Gasteiger charge is 2.32. The number of fused-ring (bicyclic) bond motifs is 2. The first-order valence-electron chi connectivity index (χ1n) is 11.6. The Bertz CT molecular complexity index is 1400. The van der Waals surface area contributed by atoms with Crippen LogP contribution in [0.2, 0.25) is 0 Å². The van der Waals surface area contributed by atoms with Crippen LogP contribution >= 0.6 is 0 Å². The molecule has 2 aliphatic rings. The molecule has 1 amide bonds. The minimum absolute atomic E-state index is 0.0159. The standard InChI is InChI=1S/C30H24N2O3/c1-34-28-19-26-27(31-21-25-14-7-17-32(25)30(26)33)20-29(28)35-18-8-13-23-11-5-6-12-24(23)16-15-22-9-3-2-4-10-22/h2-6,9-12,19-21,25H,7,14,17-18H2,1H3/t25-/m0/s1. The van der Waals surface area contributed by atoms with E-state index in [1.807, 2.05) is 65.7 Å². The summed E-state index contributed by atoms with van der Waals surface area (Å²) in [6.45, 7) is 0.907. The Morgan fingerprint density at radius 2 is 1.74 bits per heavy atom. The molecular weight excluding hydrogens is 436 g/mol. The molecule has 2 aliphatic heterocycles. The second kappa shape index (κ2) is 10.2. The van der Waals surface area contributed by atoms with Gasteiger partial charge in [0, 0.05) is 35.5 Å². The lowest BCUT2D eigenvalue weighted by Gasteiger charge is -2.20. The molecule has 35 heavy (non-hydrogen) atoms. The van der Waals surface area contributed by atoms with Crippen LogP contribution in [0.25, 0.3) is 0 Å². The molecule has 0 unspecified atom stereocenters. The highest BCUT2D eigenvalue weighted by Crippen LogP contribution is 2.38. The van der Waals surface area contributed by atoms with Gasteiger partial charge in [-0.2, -0.15) is 0 Å². The predicted octanol–water partition coefficient (Wildman–Crippen LogP) is 4.85. The number of amides is 1. The lowest BCUT2D eigenvalue weighted by Crippen LogP contribution is -2.35. The van der Waals surface area contributed by atoms with E-state index in [1.54, 1.807) is 19.2 Å². The first kappa shape index (κ1) is 22.3. The van der Waals surface area contributed by atoms with E-state index in [0.717, 1.165) is 36.1 Å². The molecule has 0 aliphatic carbocycles. The minimum atomic E-state index is -0.0159. The molecule has 172 valence electrons. The number of hydrogen-bond donors (Lipinski definition) is 0. The molecule has 0 saturated carbocycles. The number of aliphatic imine (C=N–C) groups is 1. The summed E-state index contributed by atoms with van der Waals surface area (Å²) in [4.78, 5) is 19.5. The molecule has 2 heterocycles. The SMILES string of the molecule is COc1cc2c(cc1OCC#Cc1ccccc1C#Cc1ccccc1)N=C[C@@H]1CCCN1C2=O. The molecule has 3 aromatic carbocycles. The average molecular weight is 461 g/mol. The van der Waals surface area contributed by atoms with Gasteiger partial charge in [0.1, 0.15) is 6.61 Å². The van der Waals surface area contributed by atoms with Crippen LogP contribution < -0.4 is 9.47 Å². The molecule has 0 spiro atoms. The zero-order valence-corrected chi connectivity index (χ0v) is 19.5. The van der Waals surface area contributed by atoms with E-state index in [4.69, 9.17) is 9.47 Å². The van der Waals surface area contributed by atoms with Gasteiger partial charge in [0.05, 0.1) is 24.4 Å². The quantitative estimate of drug-likeness (QED) is 0.526. The lowest BCUT2D eigenvalue weighted by atomic mass is 10.1. The summed E-state index contributed by atoms with van der Waals surface area (Å²) in [5, 5.41) is 0. The molecule has 5 heteroatoms. The van der Waals surface area contributed by atoms with Gasteiger partial charge in [-0.15, -0.1) is 0 Å². The topological polar surface area (TPSA) is 51.1 Å². The molecule has 0 radical (unpaired) electrons. The summed E-state index contributed by atoms with van der Waals surface area (Å²) >= 11 is 0.